The molecule has 0 fully saturated rings. The van der Waals surface area contributed by atoms with Gasteiger partial charge in [0.15, 0.2) is 0 Å². The second kappa shape index (κ2) is 7.09. The molecule has 1 aromatic heterocycles. The number of anilines is 1. The van der Waals surface area contributed by atoms with Gasteiger partial charge in [0, 0.05) is 13.1 Å². The number of nitrogens with zero attached hydrogens (tertiary/aromatic N) is 1. The number of pyridine rings is 1. The molecule has 1 unspecified atom stereocenters. The Morgan fingerprint density at radius 2 is 1.85 bits per heavy atom. The van der Waals surface area contributed by atoms with Gasteiger partial charge in [-0.25, -0.2) is 4.98 Å². The lowest BCUT2D eigenvalue weighted by Gasteiger charge is -2.16. The van der Waals surface area contributed by atoms with Gasteiger partial charge in [-0.3, -0.25) is 9.59 Å². The number of amides is 2. The fourth-order valence-corrected chi connectivity index (χ4v) is 1.67. The first kappa shape index (κ1) is 16.2. The van der Waals surface area contributed by atoms with E-state index in [1.807, 2.05) is 13.8 Å². The van der Waals surface area contributed by atoms with Gasteiger partial charge in [-0.1, -0.05) is 11.6 Å². The van der Waals surface area contributed by atoms with Crippen molar-refractivity contribution in [3.05, 3.63) is 22.8 Å². The molecule has 0 spiro atoms. The molecule has 1 rings (SSSR count). The van der Waals surface area contributed by atoms with E-state index in [2.05, 4.69) is 20.9 Å². The molecule has 0 bridgehead atoms. The Kier molecular flexibility index (Phi) is 5.76. The van der Waals surface area contributed by atoms with Crippen LogP contribution in [0.1, 0.15) is 31.3 Å². The predicted octanol–water partition coefficient (Wildman–Crippen LogP) is 1.42. The van der Waals surface area contributed by atoms with Crippen molar-refractivity contribution in [2.24, 2.45) is 0 Å². The standard InChI is InChI=1S/C13H19ClN4O2/c1-7(2)16-12(19)8(3)17-13(20)11-9(14)5-6-10(15-4)18-11/h5-8H,1-4H3,(H,15,18)(H,16,19)(H,17,20). The summed E-state index contributed by atoms with van der Waals surface area (Å²) in [6.07, 6.45) is 0. The number of hydrogen-bond acceptors (Lipinski definition) is 4. The van der Waals surface area contributed by atoms with Crippen LogP contribution < -0.4 is 16.0 Å². The van der Waals surface area contributed by atoms with Crippen molar-refractivity contribution >= 4 is 29.2 Å². The average molecular weight is 299 g/mol. The van der Waals surface area contributed by atoms with Crippen molar-refractivity contribution in [2.75, 3.05) is 12.4 Å². The molecule has 0 radical (unpaired) electrons. The summed E-state index contributed by atoms with van der Waals surface area (Å²) >= 11 is 5.94. The van der Waals surface area contributed by atoms with Crippen LogP contribution in [0.4, 0.5) is 5.82 Å². The number of aromatic nitrogens is 1. The van der Waals surface area contributed by atoms with Crippen LogP contribution >= 0.6 is 11.6 Å². The van der Waals surface area contributed by atoms with Crippen molar-refractivity contribution < 1.29 is 9.59 Å². The molecule has 0 saturated carbocycles. The van der Waals surface area contributed by atoms with E-state index in [9.17, 15) is 9.59 Å². The normalized spacial score (nSPS) is 11.9. The quantitative estimate of drug-likeness (QED) is 0.768. The summed E-state index contributed by atoms with van der Waals surface area (Å²) in [4.78, 5) is 27.9. The fourth-order valence-electron chi connectivity index (χ4n) is 1.48. The Morgan fingerprint density at radius 1 is 1.20 bits per heavy atom. The van der Waals surface area contributed by atoms with Crippen LogP contribution in [0.15, 0.2) is 12.1 Å². The van der Waals surface area contributed by atoms with E-state index in [-0.39, 0.29) is 22.7 Å². The minimum absolute atomic E-state index is 0.0104. The number of hydrogen-bond donors (Lipinski definition) is 3. The number of carbonyl (C=O) groups excluding carboxylic acids is 2. The number of carbonyl (C=O) groups is 2. The Hall–Kier alpha value is -1.82. The highest BCUT2D eigenvalue weighted by Crippen LogP contribution is 2.16. The molecular formula is C13H19ClN4O2. The first-order chi connectivity index (χ1) is 9.35. The van der Waals surface area contributed by atoms with Crippen LogP contribution in [0.5, 0.6) is 0 Å². The summed E-state index contributed by atoms with van der Waals surface area (Å²) < 4.78 is 0. The molecule has 20 heavy (non-hydrogen) atoms. The molecule has 7 heteroatoms. The third kappa shape index (κ3) is 4.38. The second-order valence-corrected chi connectivity index (χ2v) is 5.04. The maximum Gasteiger partial charge on any atom is 0.272 e. The first-order valence-corrected chi connectivity index (χ1v) is 6.68. The Balaban J connectivity index is 2.78. The lowest BCUT2D eigenvalue weighted by atomic mass is 10.2. The lowest BCUT2D eigenvalue weighted by Crippen LogP contribution is -2.47. The molecule has 1 heterocycles. The smallest absolute Gasteiger partial charge is 0.272 e. The van der Waals surface area contributed by atoms with Crippen molar-refractivity contribution in [2.45, 2.75) is 32.9 Å². The van der Waals surface area contributed by atoms with Gasteiger partial charge in [0.2, 0.25) is 5.91 Å². The van der Waals surface area contributed by atoms with Gasteiger partial charge in [-0.2, -0.15) is 0 Å². The van der Waals surface area contributed by atoms with E-state index in [4.69, 9.17) is 11.6 Å². The van der Waals surface area contributed by atoms with Crippen LogP contribution in [0, 0.1) is 0 Å². The molecule has 1 atom stereocenters. The minimum Gasteiger partial charge on any atom is -0.373 e. The highest BCUT2D eigenvalue weighted by Gasteiger charge is 2.20. The SMILES string of the molecule is CNc1ccc(Cl)c(C(=O)NC(C)C(=O)NC(C)C)n1. The molecular weight excluding hydrogens is 280 g/mol. The lowest BCUT2D eigenvalue weighted by molar-refractivity contribution is -0.123. The maximum atomic E-state index is 12.1. The van der Waals surface area contributed by atoms with E-state index in [0.29, 0.717) is 5.82 Å². The third-order valence-electron chi connectivity index (χ3n) is 2.49. The molecule has 0 aliphatic rings. The minimum atomic E-state index is -0.666. The molecule has 6 nitrogen and oxygen atoms in total. The average Bonchev–Trinajstić information content (AvgIpc) is 2.38. The monoisotopic (exact) mass is 298 g/mol. The van der Waals surface area contributed by atoms with Crippen molar-refractivity contribution in [3.8, 4) is 0 Å². The maximum absolute atomic E-state index is 12.1. The van der Waals surface area contributed by atoms with Crippen molar-refractivity contribution in [1.82, 2.24) is 15.6 Å². The van der Waals surface area contributed by atoms with Crippen molar-refractivity contribution in [1.29, 1.82) is 0 Å². The summed E-state index contributed by atoms with van der Waals surface area (Å²) in [7, 11) is 1.69. The zero-order valence-corrected chi connectivity index (χ0v) is 12.7. The summed E-state index contributed by atoms with van der Waals surface area (Å²) in [5, 5.41) is 8.34. The van der Waals surface area contributed by atoms with Crippen LogP contribution in [-0.4, -0.2) is 35.9 Å². The molecule has 1 aromatic rings. The summed E-state index contributed by atoms with van der Waals surface area (Å²) in [6, 6.07) is 2.58. The predicted molar refractivity (Wildman–Crippen MR) is 79.0 cm³/mol. The number of rotatable bonds is 5. The van der Waals surface area contributed by atoms with E-state index in [0.717, 1.165) is 0 Å². The van der Waals surface area contributed by atoms with Gasteiger partial charge in [0.1, 0.15) is 17.6 Å². The molecule has 3 N–H and O–H groups in total. The summed E-state index contributed by atoms with van der Waals surface area (Å²) in [5.74, 6) is -0.216. The zero-order chi connectivity index (χ0) is 15.3. The van der Waals surface area contributed by atoms with Gasteiger partial charge in [-0.15, -0.1) is 0 Å². The van der Waals surface area contributed by atoms with E-state index < -0.39 is 11.9 Å². The van der Waals surface area contributed by atoms with Gasteiger partial charge >= 0.3 is 0 Å². The first-order valence-electron chi connectivity index (χ1n) is 6.30. The summed E-state index contributed by atoms with van der Waals surface area (Å²) in [5.41, 5.74) is 0.0858. The third-order valence-corrected chi connectivity index (χ3v) is 2.79. The Bertz CT molecular complexity index is 505. The molecule has 0 aliphatic heterocycles. The fraction of sp³-hybridized carbons (Fsp3) is 0.462. The molecule has 2 amide bonds. The number of halogens is 1. The van der Waals surface area contributed by atoms with Gasteiger partial charge in [0.05, 0.1) is 5.02 Å². The second-order valence-electron chi connectivity index (χ2n) is 4.64. The molecule has 0 aliphatic carbocycles. The van der Waals surface area contributed by atoms with E-state index in [1.165, 1.54) is 0 Å². The largest absolute Gasteiger partial charge is 0.373 e. The van der Waals surface area contributed by atoms with Gasteiger partial charge in [0.25, 0.3) is 5.91 Å². The highest BCUT2D eigenvalue weighted by molar-refractivity contribution is 6.33. The van der Waals surface area contributed by atoms with Gasteiger partial charge in [-0.05, 0) is 32.9 Å². The van der Waals surface area contributed by atoms with Crippen LogP contribution in [0.25, 0.3) is 0 Å². The van der Waals surface area contributed by atoms with Crippen molar-refractivity contribution in [3.63, 3.8) is 0 Å². The zero-order valence-electron chi connectivity index (χ0n) is 12.0. The van der Waals surface area contributed by atoms with Crippen LogP contribution in [0.2, 0.25) is 5.02 Å². The topological polar surface area (TPSA) is 83.1 Å². The van der Waals surface area contributed by atoms with E-state index in [1.54, 1.807) is 26.1 Å². The molecule has 0 aromatic carbocycles. The highest BCUT2D eigenvalue weighted by atomic mass is 35.5. The van der Waals surface area contributed by atoms with E-state index >= 15 is 0 Å². The molecule has 0 saturated heterocycles. The van der Waals surface area contributed by atoms with Crippen LogP contribution in [0.3, 0.4) is 0 Å². The van der Waals surface area contributed by atoms with Crippen LogP contribution in [-0.2, 0) is 4.79 Å². The van der Waals surface area contributed by atoms with Gasteiger partial charge < -0.3 is 16.0 Å². The molecule has 110 valence electrons. The Morgan fingerprint density at radius 3 is 2.40 bits per heavy atom. The summed E-state index contributed by atoms with van der Waals surface area (Å²) in [6.45, 7) is 5.30. The Labute approximate surface area is 123 Å². The number of nitrogens with one attached hydrogen (secondary N) is 3.